The van der Waals surface area contributed by atoms with Crippen LogP contribution in [0.25, 0.3) is 0 Å². The molecule has 2 aliphatic rings. The zero-order valence-corrected chi connectivity index (χ0v) is 19.7. The Kier molecular flexibility index (Phi) is 7.33. The second-order valence-electron chi connectivity index (χ2n) is 8.37. The van der Waals surface area contributed by atoms with E-state index < -0.39 is 34.8 Å². The Labute approximate surface area is 211 Å². The zero-order valence-electron chi connectivity index (χ0n) is 19.7. The molecule has 37 heavy (non-hydrogen) atoms. The van der Waals surface area contributed by atoms with Gasteiger partial charge in [0.15, 0.2) is 0 Å². The number of phenolic OH excluding ortho intramolecular Hbond substituents is 1. The molecule has 3 aromatic rings. The van der Waals surface area contributed by atoms with Gasteiger partial charge in [0.2, 0.25) is 17.6 Å². The normalized spacial score (nSPS) is 17.8. The Hall–Kier alpha value is -4.93. The quantitative estimate of drug-likeness (QED) is 0.279. The third-order valence-corrected chi connectivity index (χ3v) is 5.75. The van der Waals surface area contributed by atoms with Gasteiger partial charge in [0.05, 0.1) is 18.5 Å². The summed E-state index contributed by atoms with van der Waals surface area (Å²) >= 11 is 0. The molecule has 0 fully saturated rings. The minimum absolute atomic E-state index is 0.0199. The van der Waals surface area contributed by atoms with Gasteiger partial charge >= 0.3 is 11.7 Å². The number of fused-ring (bicyclic) bond motifs is 9. The molecule has 2 heterocycles. The first kappa shape index (κ1) is 25.2. The van der Waals surface area contributed by atoms with E-state index in [0.717, 1.165) is 7.11 Å². The standard InChI is InChI=1S/C26H23N3O8/c1-36-26(33)20-12-16-5-10-22(21(13-16)29(34)35)37-19-4-2-3-15(11-19)14-23(31)28-24(25(32)27-20)17-6-8-18(30)9-7-17/h2-11,13,20,24,30H,12,14H2,1H3,(H,27,32)(H,28,31)/t20-,24-/m1/s1. The van der Waals surface area contributed by atoms with Crippen LogP contribution in [0.15, 0.2) is 66.7 Å². The molecule has 190 valence electrons. The van der Waals surface area contributed by atoms with Gasteiger partial charge in [0.1, 0.15) is 23.6 Å². The predicted molar refractivity (Wildman–Crippen MR) is 130 cm³/mol. The topological polar surface area (TPSA) is 157 Å². The lowest BCUT2D eigenvalue weighted by molar-refractivity contribution is -0.385. The number of nitro benzene ring substituents is 1. The van der Waals surface area contributed by atoms with Crippen molar-refractivity contribution in [1.82, 2.24) is 10.6 Å². The first-order chi connectivity index (χ1) is 17.7. The number of nitrogens with one attached hydrogen (secondary N) is 2. The fourth-order valence-electron chi connectivity index (χ4n) is 3.96. The van der Waals surface area contributed by atoms with Gasteiger partial charge in [-0.15, -0.1) is 0 Å². The van der Waals surface area contributed by atoms with E-state index in [1.165, 1.54) is 36.4 Å². The molecule has 0 radical (unpaired) electrons. The first-order valence-corrected chi connectivity index (χ1v) is 11.2. The number of nitrogens with zero attached hydrogens (tertiary/aromatic N) is 1. The first-order valence-electron chi connectivity index (χ1n) is 11.2. The highest BCUT2D eigenvalue weighted by atomic mass is 16.6. The second kappa shape index (κ2) is 10.8. The Morgan fingerprint density at radius 3 is 2.51 bits per heavy atom. The number of carbonyl (C=O) groups is 3. The van der Waals surface area contributed by atoms with E-state index in [1.54, 1.807) is 30.3 Å². The number of ether oxygens (including phenoxy) is 2. The molecule has 5 rings (SSSR count). The van der Waals surface area contributed by atoms with E-state index in [-0.39, 0.29) is 35.8 Å². The summed E-state index contributed by atoms with van der Waals surface area (Å²) in [7, 11) is 1.15. The van der Waals surface area contributed by atoms with Gasteiger partial charge in [-0.1, -0.05) is 30.3 Å². The molecule has 0 spiro atoms. The summed E-state index contributed by atoms with van der Waals surface area (Å²) < 4.78 is 10.6. The van der Waals surface area contributed by atoms with Crippen LogP contribution < -0.4 is 15.4 Å². The van der Waals surface area contributed by atoms with Crippen molar-refractivity contribution in [1.29, 1.82) is 0 Å². The minimum Gasteiger partial charge on any atom is -0.508 e. The third kappa shape index (κ3) is 6.01. The number of carbonyl (C=O) groups excluding carboxylic acids is 3. The maximum Gasteiger partial charge on any atom is 0.328 e. The van der Waals surface area contributed by atoms with Crippen LogP contribution in [-0.4, -0.2) is 41.0 Å². The molecule has 3 N–H and O–H groups in total. The van der Waals surface area contributed by atoms with Gasteiger partial charge in [-0.05, 0) is 47.0 Å². The van der Waals surface area contributed by atoms with E-state index in [9.17, 15) is 29.6 Å². The highest BCUT2D eigenvalue weighted by Gasteiger charge is 2.30. The predicted octanol–water partition coefficient (Wildman–Crippen LogP) is 2.71. The summed E-state index contributed by atoms with van der Waals surface area (Å²) in [5.41, 5.74) is 0.953. The van der Waals surface area contributed by atoms with Crippen LogP contribution in [0.1, 0.15) is 22.7 Å². The molecule has 11 nitrogen and oxygen atoms in total. The van der Waals surface area contributed by atoms with Crippen molar-refractivity contribution < 1.29 is 33.9 Å². The van der Waals surface area contributed by atoms with Crippen LogP contribution in [0.2, 0.25) is 0 Å². The van der Waals surface area contributed by atoms with Crippen molar-refractivity contribution in [3.63, 3.8) is 0 Å². The third-order valence-electron chi connectivity index (χ3n) is 5.75. The number of esters is 1. The molecule has 2 amide bonds. The average molecular weight is 505 g/mol. The van der Waals surface area contributed by atoms with Gasteiger partial charge in [0, 0.05) is 12.5 Å². The smallest absolute Gasteiger partial charge is 0.328 e. The molecule has 2 aliphatic heterocycles. The summed E-state index contributed by atoms with van der Waals surface area (Å²) in [5.74, 6) is -1.74. The second-order valence-corrected chi connectivity index (χ2v) is 8.37. The number of phenols is 1. The molecular formula is C26H23N3O8. The van der Waals surface area contributed by atoms with Gasteiger partial charge in [-0.2, -0.15) is 0 Å². The summed E-state index contributed by atoms with van der Waals surface area (Å²) in [6, 6.07) is 14.0. The van der Waals surface area contributed by atoms with Gasteiger partial charge < -0.3 is 25.2 Å². The van der Waals surface area contributed by atoms with Crippen molar-refractivity contribution in [3.8, 4) is 17.2 Å². The number of hydrogen-bond acceptors (Lipinski definition) is 8. The van der Waals surface area contributed by atoms with Crippen molar-refractivity contribution in [2.45, 2.75) is 24.9 Å². The molecule has 0 aliphatic carbocycles. The van der Waals surface area contributed by atoms with E-state index in [2.05, 4.69) is 10.6 Å². The average Bonchev–Trinajstić information content (AvgIpc) is 2.87. The van der Waals surface area contributed by atoms with Crippen LogP contribution in [-0.2, 0) is 32.0 Å². The molecule has 0 saturated heterocycles. The summed E-state index contributed by atoms with van der Waals surface area (Å²) in [4.78, 5) is 50.0. The Morgan fingerprint density at radius 1 is 1.05 bits per heavy atom. The highest BCUT2D eigenvalue weighted by Crippen LogP contribution is 2.33. The number of aromatic hydroxyl groups is 1. The lowest BCUT2D eigenvalue weighted by atomic mass is 10.0. The van der Waals surface area contributed by atoms with Crippen LogP contribution >= 0.6 is 0 Å². The van der Waals surface area contributed by atoms with Crippen molar-refractivity contribution in [2.75, 3.05) is 7.11 Å². The van der Waals surface area contributed by atoms with Gasteiger partial charge in [0.25, 0.3) is 0 Å². The fourth-order valence-corrected chi connectivity index (χ4v) is 3.96. The van der Waals surface area contributed by atoms with Gasteiger partial charge in [-0.25, -0.2) is 4.79 Å². The number of amides is 2. The number of nitro groups is 1. The zero-order chi connectivity index (χ0) is 26.5. The molecule has 0 aromatic heterocycles. The molecule has 2 atom stereocenters. The molecule has 0 unspecified atom stereocenters. The molecule has 11 heteroatoms. The van der Waals surface area contributed by atoms with Crippen LogP contribution in [0.5, 0.6) is 17.2 Å². The molecule has 3 aromatic carbocycles. The van der Waals surface area contributed by atoms with E-state index >= 15 is 0 Å². The monoisotopic (exact) mass is 505 g/mol. The lowest BCUT2D eigenvalue weighted by Gasteiger charge is -2.23. The SMILES string of the molecule is COC(=O)[C@H]1Cc2ccc(c([N+](=O)[O-])c2)Oc2cccc(c2)CC(=O)N[C@H](c2ccc(O)cc2)C(=O)N1. The van der Waals surface area contributed by atoms with Gasteiger partial charge in [-0.3, -0.25) is 19.7 Å². The van der Waals surface area contributed by atoms with Crippen LogP contribution in [0, 0.1) is 10.1 Å². The Balaban J connectivity index is 1.79. The largest absolute Gasteiger partial charge is 0.508 e. The van der Waals surface area contributed by atoms with Crippen molar-refractivity contribution in [3.05, 3.63) is 93.5 Å². The number of rotatable bonds is 3. The Bertz CT molecular complexity index is 1360. The number of methoxy groups -OCH3 is 1. The van der Waals surface area contributed by atoms with Crippen molar-refractivity contribution in [2.24, 2.45) is 0 Å². The highest BCUT2D eigenvalue weighted by molar-refractivity contribution is 5.92. The lowest BCUT2D eigenvalue weighted by Crippen LogP contribution is -2.48. The van der Waals surface area contributed by atoms with E-state index in [4.69, 9.17) is 9.47 Å². The van der Waals surface area contributed by atoms with Crippen molar-refractivity contribution >= 4 is 23.5 Å². The van der Waals surface area contributed by atoms with Crippen LogP contribution in [0.3, 0.4) is 0 Å². The molecule has 0 saturated carbocycles. The van der Waals surface area contributed by atoms with Crippen LogP contribution in [0.4, 0.5) is 5.69 Å². The minimum atomic E-state index is -1.21. The Morgan fingerprint density at radius 2 is 1.81 bits per heavy atom. The number of benzene rings is 3. The summed E-state index contributed by atoms with van der Waals surface area (Å²) in [6.07, 6.45) is -0.244. The molecule has 4 bridgehead atoms. The molecular weight excluding hydrogens is 482 g/mol. The van der Waals surface area contributed by atoms with E-state index in [0.29, 0.717) is 16.7 Å². The summed E-state index contributed by atoms with van der Waals surface area (Å²) in [5, 5.41) is 26.7. The number of hydrogen-bond donors (Lipinski definition) is 3. The maximum atomic E-state index is 13.4. The maximum absolute atomic E-state index is 13.4. The summed E-state index contributed by atoms with van der Waals surface area (Å²) in [6.45, 7) is 0. The fraction of sp³-hybridized carbons (Fsp3) is 0.192. The van der Waals surface area contributed by atoms with E-state index in [1.807, 2.05) is 0 Å².